The molecule has 0 aromatic heterocycles. The number of halogens is 1. The first-order valence-electron chi connectivity index (χ1n) is 5.90. The maximum absolute atomic E-state index is 11.8. The second-order valence-corrected chi connectivity index (χ2v) is 5.58. The van der Waals surface area contributed by atoms with E-state index in [2.05, 4.69) is 21.2 Å². The number of carbonyl (C=O) groups is 2. The number of rotatable bonds is 5. The van der Waals surface area contributed by atoms with E-state index in [0.29, 0.717) is 22.5 Å². The van der Waals surface area contributed by atoms with E-state index in [-0.39, 0.29) is 11.5 Å². The molecular weight excluding hydrogens is 312 g/mol. The van der Waals surface area contributed by atoms with Crippen molar-refractivity contribution in [3.63, 3.8) is 0 Å². The maximum Gasteiger partial charge on any atom is 0.336 e. The van der Waals surface area contributed by atoms with Crippen LogP contribution in [0.5, 0.6) is 0 Å². The first-order chi connectivity index (χ1) is 8.81. The SMILES string of the molecule is CC(C)C[C@@H](N)C(=O)Nc1ccc(Br)c(C(=O)O)c1. The van der Waals surface area contributed by atoms with Gasteiger partial charge < -0.3 is 16.2 Å². The van der Waals surface area contributed by atoms with E-state index in [9.17, 15) is 9.59 Å². The van der Waals surface area contributed by atoms with Crippen LogP contribution in [0.4, 0.5) is 5.69 Å². The third-order valence-corrected chi connectivity index (χ3v) is 3.22. The minimum Gasteiger partial charge on any atom is -0.478 e. The number of carboxylic acid groups (broad SMARTS) is 1. The molecule has 1 atom stereocenters. The van der Waals surface area contributed by atoms with Crippen molar-refractivity contribution >= 4 is 33.5 Å². The van der Waals surface area contributed by atoms with Crippen LogP contribution in [-0.2, 0) is 4.79 Å². The molecule has 0 saturated heterocycles. The second kappa shape index (κ2) is 6.68. The van der Waals surface area contributed by atoms with Gasteiger partial charge in [0.15, 0.2) is 0 Å². The summed E-state index contributed by atoms with van der Waals surface area (Å²) in [6.07, 6.45) is 0.578. The number of aromatic carboxylic acids is 1. The highest BCUT2D eigenvalue weighted by molar-refractivity contribution is 9.10. The Morgan fingerprint density at radius 1 is 1.42 bits per heavy atom. The third kappa shape index (κ3) is 4.65. The van der Waals surface area contributed by atoms with Crippen molar-refractivity contribution in [1.29, 1.82) is 0 Å². The summed E-state index contributed by atoms with van der Waals surface area (Å²) in [5.74, 6) is -1.05. The van der Waals surface area contributed by atoms with Gasteiger partial charge in [-0.05, 0) is 46.5 Å². The Balaban J connectivity index is 2.80. The first kappa shape index (κ1) is 15.7. The molecule has 104 valence electrons. The molecule has 6 heteroatoms. The second-order valence-electron chi connectivity index (χ2n) is 4.73. The maximum atomic E-state index is 11.8. The fourth-order valence-electron chi connectivity index (χ4n) is 1.62. The fraction of sp³-hybridized carbons (Fsp3) is 0.385. The molecule has 0 spiro atoms. The standard InChI is InChI=1S/C13H17BrN2O3/c1-7(2)5-11(15)12(17)16-8-3-4-10(14)9(6-8)13(18)19/h3-4,6-7,11H,5,15H2,1-2H3,(H,16,17)(H,18,19)/t11-/m1/s1. The Kier molecular flexibility index (Phi) is 5.50. The van der Waals surface area contributed by atoms with Crippen LogP contribution in [0.15, 0.2) is 22.7 Å². The van der Waals surface area contributed by atoms with Crippen molar-refractivity contribution in [2.24, 2.45) is 11.7 Å². The molecular formula is C13H17BrN2O3. The van der Waals surface area contributed by atoms with Crippen LogP contribution in [0.2, 0.25) is 0 Å². The normalized spacial score (nSPS) is 12.3. The van der Waals surface area contributed by atoms with Gasteiger partial charge in [-0.2, -0.15) is 0 Å². The molecule has 0 radical (unpaired) electrons. The summed E-state index contributed by atoms with van der Waals surface area (Å²) in [7, 11) is 0. The van der Waals surface area contributed by atoms with Crippen molar-refractivity contribution in [3.8, 4) is 0 Å². The minimum atomic E-state index is -1.06. The molecule has 19 heavy (non-hydrogen) atoms. The number of carbonyl (C=O) groups excluding carboxylic acids is 1. The largest absolute Gasteiger partial charge is 0.478 e. The fourth-order valence-corrected chi connectivity index (χ4v) is 2.03. The quantitative estimate of drug-likeness (QED) is 0.774. The van der Waals surface area contributed by atoms with Gasteiger partial charge in [-0.15, -0.1) is 0 Å². The van der Waals surface area contributed by atoms with Gasteiger partial charge in [0, 0.05) is 10.2 Å². The van der Waals surface area contributed by atoms with Crippen molar-refractivity contribution in [3.05, 3.63) is 28.2 Å². The number of hydrogen-bond acceptors (Lipinski definition) is 3. The van der Waals surface area contributed by atoms with E-state index < -0.39 is 12.0 Å². The highest BCUT2D eigenvalue weighted by atomic mass is 79.9. The predicted molar refractivity (Wildman–Crippen MR) is 77.2 cm³/mol. The summed E-state index contributed by atoms with van der Waals surface area (Å²) in [6, 6.07) is 3.99. The zero-order valence-electron chi connectivity index (χ0n) is 10.8. The molecule has 1 rings (SSSR count). The molecule has 0 aliphatic rings. The average molecular weight is 329 g/mol. The molecule has 0 aliphatic carbocycles. The predicted octanol–water partition coefficient (Wildman–Crippen LogP) is 2.46. The van der Waals surface area contributed by atoms with Crippen molar-refractivity contribution < 1.29 is 14.7 Å². The molecule has 1 amide bonds. The van der Waals surface area contributed by atoms with Gasteiger partial charge in [0.05, 0.1) is 11.6 Å². The number of anilines is 1. The van der Waals surface area contributed by atoms with Gasteiger partial charge in [-0.3, -0.25) is 4.79 Å². The van der Waals surface area contributed by atoms with Gasteiger partial charge in [-0.25, -0.2) is 4.79 Å². The lowest BCUT2D eigenvalue weighted by Crippen LogP contribution is -2.36. The lowest BCUT2D eigenvalue weighted by molar-refractivity contribution is -0.117. The number of hydrogen-bond donors (Lipinski definition) is 3. The zero-order chi connectivity index (χ0) is 14.6. The Bertz CT molecular complexity index is 489. The monoisotopic (exact) mass is 328 g/mol. The average Bonchev–Trinajstić information content (AvgIpc) is 2.30. The molecule has 0 fully saturated rings. The molecule has 4 N–H and O–H groups in total. The molecule has 5 nitrogen and oxygen atoms in total. The van der Waals surface area contributed by atoms with Gasteiger partial charge in [0.25, 0.3) is 0 Å². The summed E-state index contributed by atoms with van der Waals surface area (Å²) in [6.45, 7) is 3.96. The smallest absolute Gasteiger partial charge is 0.336 e. The number of carboxylic acids is 1. The van der Waals surface area contributed by atoms with Crippen LogP contribution in [0.1, 0.15) is 30.6 Å². The molecule has 0 saturated carbocycles. The van der Waals surface area contributed by atoms with Crippen molar-refractivity contribution in [2.45, 2.75) is 26.3 Å². The van der Waals surface area contributed by atoms with Crippen LogP contribution in [0, 0.1) is 5.92 Å². The topological polar surface area (TPSA) is 92.4 Å². The summed E-state index contributed by atoms with van der Waals surface area (Å²) >= 11 is 3.14. The molecule has 0 heterocycles. The Hall–Kier alpha value is -1.40. The first-order valence-corrected chi connectivity index (χ1v) is 6.70. The lowest BCUT2D eigenvalue weighted by Gasteiger charge is -2.14. The van der Waals surface area contributed by atoms with E-state index in [1.807, 2.05) is 13.8 Å². The van der Waals surface area contributed by atoms with Gasteiger partial charge in [-0.1, -0.05) is 13.8 Å². The number of amides is 1. The number of benzene rings is 1. The van der Waals surface area contributed by atoms with E-state index in [0.717, 1.165) is 0 Å². The van der Waals surface area contributed by atoms with Crippen LogP contribution >= 0.6 is 15.9 Å². The van der Waals surface area contributed by atoms with Crippen LogP contribution < -0.4 is 11.1 Å². The van der Waals surface area contributed by atoms with Crippen LogP contribution in [0.3, 0.4) is 0 Å². The Labute approximate surface area is 120 Å². The summed E-state index contributed by atoms with van der Waals surface area (Å²) in [5, 5.41) is 11.6. The highest BCUT2D eigenvalue weighted by Gasteiger charge is 2.16. The number of nitrogens with two attached hydrogens (primary N) is 1. The Morgan fingerprint density at radius 2 is 2.05 bits per heavy atom. The minimum absolute atomic E-state index is 0.0928. The molecule has 1 aromatic carbocycles. The highest BCUT2D eigenvalue weighted by Crippen LogP contribution is 2.21. The number of nitrogens with one attached hydrogen (secondary N) is 1. The molecule has 0 aliphatic heterocycles. The summed E-state index contributed by atoms with van der Waals surface area (Å²) in [4.78, 5) is 22.8. The van der Waals surface area contributed by atoms with Crippen molar-refractivity contribution in [2.75, 3.05) is 5.32 Å². The van der Waals surface area contributed by atoms with E-state index in [1.54, 1.807) is 12.1 Å². The third-order valence-electron chi connectivity index (χ3n) is 2.53. The van der Waals surface area contributed by atoms with E-state index >= 15 is 0 Å². The summed E-state index contributed by atoms with van der Waals surface area (Å²) in [5.41, 5.74) is 6.27. The van der Waals surface area contributed by atoms with Crippen molar-refractivity contribution in [1.82, 2.24) is 0 Å². The lowest BCUT2D eigenvalue weighted by atomic mass is 10.0. The van der Waals surface area contributed by atoms with Crippen LogP contribution in [0.25, 0.3) is 0 Å². The molecule has 1 aromatic rings. The molecule has 0 bridgehead atoms. The van der Waals surface area contributed by atoms with E-state index in [4.69, 9.17) is 10.8 Å². The molecule has 0 unspecified atom stereocenters. The summed E-state index contributed by atoms with van der Waals surface area (Å²) < 4.78 is 0.462. The zero-order valence-corrected chi connectivity index (χ0v) is 12.4. The Morgan fingerprint density at radius 3 is 2.58 bits per heavy atom. The van der Waals surface area contributed by atoms with Gasteiger partial charge in [0.1, 0.15) is 0 Å². The van der Waals surface area contributed by atoms with E-state index in [1.165, 1.54) is 6.07 Å². The van der Waals surface area contributed by atoms with Crippen LogP contribution in [-0.4, -0.2) is 23.0 Å². The van der Waals surface area contributed by atoms with Gasteiger partial charge in [0.2, 0.25) is 5.91 Å². The van der Waals surface area contributed by atoms with Gasteiger partial charge >= 0.3 is 5.97 Å².